The van der Waals surface area contributed by atoms with Crippen molar-refractivity contribution in [2.45, 2.75) is 25.9 Å². The van der Waals surface area contributed by atoms with E-state index in [0.717, 1.165) is 28.8 Å². The molecule has 0 saturated carbocycles. The van der Waals surface area contributed by atoms with Gasteiger partial charge in [-0.25, -0.2) is 4.79 Å². The molecule has 2 heterocycles. The fourth-order valence-electron chi connectivity index (χ4n) is 3.33. The van der Waals surface area contributed by atoms with E-state index in [4.69, 9.17) is 4.74 Å². The Kier molecular flexibility index (Phi) is 5.10. The molecule has 144 valence electrons. The number of carbonyl (C=O) groups is 2. The number of rotatable bonds is 4. The first kappa shape index (κ1) is 18.8. The highest BCUT2D eigenvalue weighted by Gasteiger charge is 2.27. The molecule has 1 aromatic carbocycles. The zero-order valence-corrected chi connectivity index (χ0v) is 16.5. The molecule has 1 atom stereocenters. The van der Waals surface area contributed by atoms with Crippen molar-refractivity contribution in [1.82, 2.24) is 4.98 Å². The van der Waals surface area contributed by atoms with Crippen molar-refractivity contribution >= 4 is 28.2 Å². The second-order valence-electron chi connectivity index (χ2n) is 6.66. The van der Waals surface area contributed by atoms with E-state index >= 15 is 0 Å². The SMILES string of the molecule is CC(OC(=O)c1cccnc1)C(=O)Nc1sc2c(c1C#N)CCc1ccccc1-2. The number of fused-ring (bicyclic) bond motifs is 3. The lowest BCUT2D eigenvalue weighted by atomic mass is 9.90. The summed E-state index contributed by atoms with van der Waals surface area (Å²) in [7, 11) is 0. The van der Waals surface area contributed by atoms with Crippen molar-refractivity contribution in [3.05, 3.63) is 71.0 Å². The molecule has 0 fully saturated rings. The van der Waals surface area contributed by atoms with Crippen LogP contribution in [0.1, 0.15) is 34.0 Å². The number of carbonyl (C=O) groups excluding carboxylic acids is 2. The van der Waals surface area contributed by atoms with Crippen LogP contribution in [-0.2, 0) is 22.4 Å². The van der Waals surface area contributed by atoms with Crippen LogP contribution in [0.15, 0.2) is 48.8 Å². The predicted molar refractivity (Wildman–Crippen MR) is 110 cm³/mol. The summed E-state index contributed by atoms with van der Waals surface area (Å²) in [4.78, 5) is 29.6. The highest BCUT2D eigenvalue weighted by molar-refractivity contribution is 7.20. The zero-order valence-electron chi connectivity index (χ0n) is 15.6. The van der Waals surface area contributed by atoms with Gasteiger partial charge in [-0.2, -0.15) is 5.26 Å². The Morgan fingerprint density at radius 1 is 1.24 bits per heavy atom. The molecule has 0 spiro atoms. The van der Waals surface area contributed by atoms with Crippen molar-refractivity contribution < 1.29 is 14.3 Å². The van der Waals surface area contributed by atoms with Crippen LogP contribution in [0.25, 0.3) is 10.4 Å². The largest absolute Gasteiger partial charge is 0.449 e. The third-order valence-electron chi connectivity index (χ3n) is 4.81. The van der Waals surface area contributed by atoms with E-state index in [1.807, 2.05) is 18.2 Å². The summed E-state index contributed by atoms with van der Waals surface area (Å²) in [5.41, 5.74) is 4.06. The number of nitrogens with one attached hydrogen (secondary N) is 1. The van der Waals surface area contributed by atoms with Gasteiger partial charge in [0, 0.05) is 17.3 Å². The number of ether oxygens (including phenoxy) is 1. The molecule has 1 aliphatic carbocycles. The monoisotopic (exact) mass is 403 g/mol. The number of amides is 1. The Balaban J connectivity index is 1.54. The average Bonchev–Trinajstić information content (AvgIpc) is 3.11. The maximum absolute atomic E-state index is 12.6. The summed E-state index contributed by atoms with van der Waals surface area (Å²) in [6.45, 7) is 1.50. The lowest BCUT2D eigenvalue weighted by Crippen LogP contribution is -2.30. The molecule has 7 heteroatoms. The fraction of sp³-hybridized carbons (Fsp3) is 0.182. The van der Waals surface area contributed by atoms with Crippen LogP contribution in [-0.4, -0.2) is 23.0 Å². The summed E-state index contributed by atoms with van der Waals surface area (Å²) in [5, 5.41) is 12.9. The molecule has 4 rings (SSSR count). The number of hydrogen-bond acceptors (Lipinski definition) is 6. The Hall–Kier alpha value is -3.50. The summed E-state index contributed by atoms with van der Waals surface area (Å²) >= 11 is 1.39. The predicted octanol–water partition coefficient (Wildman–Crippen LogP) is 3.96. The molecule has 0 saturated heterocycles. The quantitative estimate of drug-likeness (QED) is 0.666. The number of nitrogens with zero attached hydrogens (tertiary/aromatic N) is 2. The molecule has 3 aromatic rings. The average molecular weight is 403 g/mol. The van der Waals surface area contributed by atoms with Gasteiger partial charge in [0.25, 0.3) is 5.91 Å². The number of anilines is 1. The molecule has 1 amide bonds. The second kappa shape index (κ2) is 7.86. The first-order valence-corrected chi connectivity index (χ1v) is 9.96. The van der Waals surface area contributed by atoms with Gasteiger partial charge in [0.1, 0.15) is 11.1 Å². The molecule has 0 aliphatic heterocycles. The molecule has 1 unspecified atom stereocenters. The molecule has 2 aromatic heterocycles. The maximum atomic E-state index is 12.6. The smallest absolute Gasteiger partial charge is 0.340 e. The van der Waals surface area contributed by atoms with Gasteiger partial charge in [0.15, 0.2) is 6.10 Å². The van der Waals surface area contributed by atoms with Crippen LogP contribution in [0, 0.1) is 11.3 Å². The Bertz CT molecular complexity index is 1130. The van der Waals surface area contributed by atoms with Crippen molar-refractivity contribution in [2.75, 3.05) is 5.32 Å². The van der Waals surface area contributed by atoms with Crippen LogP contribution in [0.3, 0.4) is 0 Å². The second-order valence-corrected chi connectivity index (χ2v) is 7.68. The van der Waals surface area contributed by atoms with Crippen LogP contribution in [0.4, 0.5) is 5.00 Å². The molecule has 1 aliphatic rings. The van der Waals surface area contributed by atoms with Gasteiger partial charge in [0.05, 0.1) is 11.1 Å². The first-order chi connectivity index (χ1) is 14.1. The van der Waals surface area contributed by atoms with E-state index in [-0.39, 0.29) is 5.56 Å². The minimum Gasteiger partial charge on any atom is -0.449 e. The van der Waals surface area contributed by atoms with Crippen molar-refractivity contribution in [1.29, 1.82) is 5.26 Å². The molecule has 1 N–H and O–H groups in total. The molecule has 0 bridgehead atoms. The van der Waals surface area contributed by atoms with E-state index in [9.17, 15) is 14.9 Å². The molecular formula is C22H17N3O3S. The zero-order chi connectivity index (χ0) is 20.4. The summed E-state index contributed by atoms with van der Waals surface area (Å²) in [6.07, 6.45) is 3.54. The number of aryl methyl sites for hydroxylation is 1. The van der Waals surface area contributed by atoms with E-state index in [2.05, 4.69) is 22.4 Å². The minimum absolute atomic E-state index is 0.271. The molecular weight excluding hydrogens is 386 g/mol. The van der Waals surface area contributed by atoms with Crippen LogP contribution in [0.5, 0.6) is 0 Å². The van der Waals surface area contributed by atoms with Gasteiger partial charge in [-0.05, 0) is 48.6 Å². The van der Waals surface area contributed by atoms with Crippen LogP contribution in [0.2, 0.25) is 0 Å². The normalized spacial score (nSPS) is 12.8. The Morgan fingerprint density at radius 3 is 2.83 bits per heavy atom. The molecule has 6 nitrogen and oxygen atoms in total. The van der Waals surface area contributed by atoms with Crippen LogP contribution >= 0.6 is 11.3 Å². The Morgan fingerprint density at radius 2 is 2.07 bits per heavy atom. The summed E-state index contributed by atoms with van der Waals surface area (Å²) in [6, 6.07) is 13.5. The number of hydrogen-bond donors (Lipinski definition) is 1. The van der Waals surface area contributed by atoms with Crippen LogP contribution < -0.4 is 5.32 Å². The molecule has 29 heavy (non-hydrogen) atoms. The van der Waals surface area contributed by atoms with Gasteiger partial charge in [-0.3, -0.25) is 9.78 Å². The fourth-order valence-corrected chi connectivity index (χ4v) is 4.59. The summed E-state index contributed by atoms with van der Waals surface area (Å²) in [5.74, 6) is -1.11. The lowest BCUT2D eigenvalue weighted by Gasteiger charge is -2.15. The third-order valence-corrected chi connectivity index (χ3v) is 5.99. The topological polar surface area (TPSA) is 92.1 Å². The van der Waals surface area contributed by atoms with Gasteiger partial charge in [-0.1, -0.05) is 24.3 Å². The third kappa shape index (κ3) is 3.62. The number of esters is 1. The van der Waals surface area contributed by atoms with Gasteiger partial charge >= 0.3 is 5.97 Å². The van der Waals surface area contributed by atoms with Crippen molar-refractivity contribution in [3.8, 4) is 16.5 Å². The van der Waals surface area contributed by atoms with E-state index in [1.54, 1.807) is 18.3 Å². The Labute approximate surface area is 171 Å². The van der Waals surface area contributed by atoms with Crippen molar-refractivity contribution in [2.24, 2.45) is 0 Å². The number of thiophene rings is 1. The number of pyridine rings is 1. The standard InChI is InChI=1S/C22H17N3O3S/c1-13(28-22(27)15-6-4-10-24-12-15)20(26)25-21-18(11-23)17-9-8-14-5-2-3-7-16(14)19(17)29-21/h2-7,10,12-13H,8-9H2,1H3,(H,25,26). The first-order valence-electron chi connectivity index (χ1n) is 9.14. The van der Waals surface area contributed by atoms with Crippen molar-refractivity contribution in [3.63, 3.8) is 0 Å². The molecule has 0 radical (unpaired) electrons. The maximum Gasteiger partial charge on any atom is 0.340 e. The van der Waals surface area contributed by atoms with E-state index in [0.29, 0.717) is 10.6 Å². The van der Waals surface area contributed by atoms with Gasteiger partial charge in [-0.15, -0.1) is 11.3 Å². The number of aromatic nitrogens is 1. The van der Waals surface area contributed by atoms with Gasteiger partial charge < -0.3 is 10.1 Å². The van der Waals surface area contributed by atoms with E-state index < -0.39 is 18.0 Å². The number of nitriles is 1. The lowest BCUT2D eigenvalue weighted by molar-refractivity contribution is -0.123. The minimum atomic E-state index is -1.01. The highest BCUT2D eigenvalue weighted by Crippen LogP contribution is 2.44. The number of benzene rings is 1. The summed E-state index contributed by atoms with van der Waals surface area (Å²) < 4.78 is 5.23. The highest BCUT2D eigenvalue weighted by atomic mass is 32.1. The van der Waals surface area contributed by atoms with Gasteiger partial charge in [0.2, 0.25) is 0 Å². The van der Waals surface area contributed by atoms with E-state index in [1.165, 1.54) is 30.0 Å².